The predicted octanol–water partition coefficient (Wildman–Crippen LogP) is 2.48. The van der Waals surface area contributed by atoms with Crippen molar-refractivity contribution in [3.8, 4) is 5.75 Å². The number of carbonyl (C=O) groups is 2. The third-order valence-corrected chi connectivity index (χ3v) is 3.43. The van der Waals surface area contributed by atoms with Gasteiger partial charge in [0.05, 0.1) is 10.7 Å². The minimum absolute atomic E-state index is 0.0792. The van der Waals surface area contributed by atoms with Crippen molar-refractivity contribution in [3.63, 3.8) is 0 Å². The number of hydrogen-bond acceptors (Lipinski definition) is 4. The van der Waals surface area contributed by atoms with E-state index in [2.05, 4.69) is 5.32 Å². The van der Waals surface area contributed by atoms with Crippen molar-refractivity contribution in [2.24, 2.45) is 0 Å². The van der Waals surface area contributed by atoms with Gasteiger partial charge in [-0.15, -0.1) is 0 Å². The number of benzene rings is 2. The lowest BCUT2D eigenvalue weighted by molar-refractivity contribution is -0.118. The Bertz CT molecular complexity index is 741. The van der Waals surface area contributed by atoms with Gasteiger partial charge in [0, 0.05) is 16.8 Å². The Labute approximate surface area is 125 Å². The van der Waals surface area contributed by atoms with E-state index in [1.54, 1.807) is 24.3 Å². The summed E-state index contributed by atoms with van der Waals surface area (Å²) < 4.78 is 5.29. The molecule has 0 aromatic heterocycles. The fourth-order valence-corrected chi connectivity index (χ4v) is 2.31. The van der Waals surface area contributed by atoms with Gasteiger partial charge in [0.15, 0.2) is 12.4 Å². The molecule has 0 unspecified atom stereocenters. The third-order valence-electron chi connectivity index (χ3n) is 3.12. The Kier molecular flexibility index (Phi) is 3.27. The monoisotopic (exact) mass is 302 g/mol. The van der Waals surface area contributed by atoms with Gasteiger partial charge in [-0.05, 0) is 36.4 Å². The Morgan fingerprint density at radius 3 is 2.67 bits per heavy atom. The highest BCUT2D eigenvalue weighted by Gasteiger charge is 2.21. The summed E-state index contributed by atoms with van der Waals surface area (Å²) >= 11 is 6.13. The molecule has 0 bridgehead atoms. The van der Waals surface area contributed by atoms with Crippen LogP contribution in [0.15, 0.2) is 36.4 Å². The van der Waals surface area contributed by atoms with E-state index in [1.807, 2.05) is 0 Å². The molecular formula is C15H11ClN2O3. The summed E-state index contributed by atoms with van der Waals surface area (Å²) in [5.41, 5.74) is 7.44. The number of fused-ring (bicyclic) bond motifs is 1. The highest BCUT2D eigenvalue weighted by molar-refractivity contribution is 6.35. The van der Waals surface area contributed by atoms with Crippen LogP contribution in [0, 0.1) is 0 Å². The SMILES string of the molecule is Nc1ccc(C(=O)c2cc3c(cc2Cl)NC(=O)CO3)cc1. The maximum Gasteiger partial charge on any atom is 0.262 e. The number of carbonyl (C=O) groups excluding carboxylic acids is 2. The van der Waals surface area contributed by atoms with Gasteiger partial charge in [0.2, 0.25) is 0 Å². The van der Waals surface area contributed by atoms with Crippen LogP contribution in [-0.4, -0.2) is 18.3 Å². The molecule has 1 aliphatic heterocycles. The normalized spacial score (nSPS) is 13.1. The largest absolute Gasteiger partial charge is 0.482 e. The van der Waals surface area contributed by atoms with Gasteiger partial charge in [-0.3, -0.25) is 9.59 Å². The minimum atomic E-state index is -0.254. The van der Waals surface area contributed by atoms with Gasteiger partial charge in [-0.1, -0.05) is 11.6 Å². The molecule has 3 rings (SSSR count). The average Bonchev–Trinajstić information content (AvgIpc) is 2.46. The quantitative estimate of drug-likeness (QED) is 0.659. The standard InChI is InChI=1S/C15H11ClN2O3/c16-11-6-12-13(21-7-14(19)18-12)5-10(11)15(20)8-1-3-9(17)4-2-8/h1-6H,7,17H2,(H,18,19). The van der Waals surface area contributed by atoms with Gasteiger partial charge in [-0.2, -0.15) is 0 Å². The van der Waals surface area contributed by atoms with E-state index in [4.69, 9.17) is 22.1 Å². The zero-order chi connectivity index (χ0) is 15.0. The van der Waals surface area contributed by atoms with Crippen LogP contribution in [0.2, 0.25) is 5.02 Å². The molecular weight excluding hydrogens is 292 g/mol. The summed E-state index contributed by atoms with van der Waals surface area (Å²) in [6, 6.07) is 9.62. The molecule has 21 heavy (non-hydrogen) atoms. The maximum absolute atomic E-state index is 12.5. The number of halogens is 1. The number of amides is 1. The van der Waals surface area contributed by atoms with E-state index >= 15 is 0 Å². The molecule has 2 aromatic rings. The first-order chi connectivity index (χ1) is 10.0. The zero-order valence-electron chi connectivity index (χ0n) is 10.9. The molecule has 1 aliphatic rings. The highest BCUT2D eigenvalue weighted by atomic mass is 35.5. The van der Waals surface area contributed by atoms with Crippen molar-refractivity contribution >= 4 is 34.7 Å². The number of nitrogens with one attached hydrogen (secondary N) is 1. The molecule has 0 radical (unpaired) electrons. The van der Waals surface area contributed by atoms with Crippen molar-refractivity contribution in [1.82, 2.24) is 0 Å². The van der Waals surface area contributed by atoms with Crippen LogP contribution in [0.3, 0.4) is 0 Å². The van der Waals surface area contributed by atoms with Crippen LogP contribution in [-0.2, 0) is 4.79 Å². The van der Waals surface area contributed by atoms with Crippen LogP contribution >= 0.6 is 11.6 Å². The summed E-state index contributed by atoms with van der Waals surface area (Å²) in [4.78, 5) is 23.7. The van der Waals surface area contributed by atoms with Crippen LogP contribution in [0.1, 0.15) is 15.9 Å². The molecule has 3 N–H and O–H groups in total. The van der Waals surface area contributed by atoms with Crippen molar-refractivity contribution in [3.05, 3.63) is 52.5 Å². The van der Waals surface area contributed by atoms with E-state index in [0.717, 1.165) is 0 Å². The molecule has 1 heterocycles. The number of ether oxygens (including phenoxy) is 1. The Hall–Kier alpha value is -2.53. The molecule has 0 atom stereocenters. The second kappa shape index (κ2) is 5.10. The van der Waals surface area contributed by atoms with Crippen molar-refractivity contribution in [1.29, 1.82) is 0 Å². The topological polar surface area (TPSA) is 81.4 Å². The minimum Gasteiger partial charge on any atom is -0.482 e. The number of hydrogen-bond donors (Lipinski definition) is 2. The van der Waals surface area contributed by atoms with Gasteiger partial charge in [-0.25, -0.2) is 0 Å². The third kappa shape index (κ3) is 2.55. The molecule has 0 fully saturated rings. The van der Waals surface area contributed by atoms with Crippen LogP contribution in [0.25, 0.3) is 0 Å². The molecule has 6 heteroatoms. The lowest BCUT2D eigenvalue weighted by Gasteiger charge is -2.19. The van der Waals surface area contributed by atoms with E-state index < -0.39 is 0 Å². The van der Waals surface area contributed by atoms with Crippen LogP contribution < -0.4 is 15.8 Å². The number of ketones is 1. The van der Waals surface area contributed by atoms with Crippen LogP contribution in [0.5, 0.6) is 5.75 Å². The van der Waals surface area contributed by atoms with Crippen molar-refractivity contribution in [2.45, 2.75) is 0 Å². The predicted molar refractivity (Wildman–Crippen MR) is 79.9 cm³/mol. The van der Waals surface area contributed by atoms with E-state index in [1.165, 1.54) is 12.1 Å². The van der Waals surface area contributed by atoms with E-state index in [0.29, 0.717) is 28.3 Å². The van der Waals surface area contributed by atoms with Crippen molar-refractivity contribution < 1.29 is 14.3 Å². The molecule has 5 nitrogen and oxygen atoms in total. The Balaban J connectivity index is 2.01. The highest BCUT2D eigenvalue weighted by Crippen LogP contribution is 2.34. The Morgan fingerprint density at radius 1 is 1.24 bits per heavy atom. The molecule has 0 aliphatic carbocycles. The molecule has 0 saturated carbocycles. The summed E-state index contributed by atoms with van der Waals surface area (Å²) in [5, 5.41) is 2.89. The first-order valence-corrected chi connectivity index (χ1v) is 6.59. The Morgan fingerprint density at radius 2 is 1.95 bits per heavy atom. The average molecular weight is 303 g/mol. The van der Waals surface area contributed by atoms with E-state index in [-0.39, 0.29) is 23.3 Å². The number of anilines is 2. The number of nitrogen functional groups attached to an aromatic ring is 1. The molecule has 0 spiro atoms. The molecule has 106 valence electrons. The lowest BCUT2D eigenvalue weighted by Crippen LogP contribution is -2.25. The second-order valence-electron chi connectivity index (χ2n) is 4.62. The zero-order valence-corrected chi connectivity index (χ0v) is 11.6. The lowest BCUT2D eigenvalue weighted by atomic mass is 10.0. The number of rotatable bonds is 2. The fraction of sp³-hybridized carbons (Fsp3) is 0.0667. The summed E-state index contributed by atoms with van der Waals surface area (Å²) in [5.74, 6) is -0.0581. The van der Waals surface area contributed by atoms with Gasteiger partial charge in [0.25, 0.3) is 5.91 Å². The fourth-order valence-electron chi connectivity index (χ4n) is 2.06. The van der Waals surface area contributed by atoms with Gasteiger partial charge < -0.3 is 15.8 Å². The van der Waals surface area contributed by atoms with Gasteiger partial charge >= 0.3 is 0 Å². The molecule has 0 saturated heterocycles. The first-order valence-electron chi connectivity index (χ1n) is 6.21. The maximum atomic E-state index is 12.5. The molecule has 1 amide bonds. The van der Waals surface area contributed by atoms with Crippen LogP contribution in [0.4, 0.5) is 11.4 Å². The molecule has 2 aromatic carbocycles. The van der Waals surface area contributed by atoms with Crippen molar-refractivity contribution in [2.75, 3.05) is 17.7 Å². The second-order valence-corrected chi connectivity index (χ2v) is 5.02. The summed E-state index contributed by atoms with van der Waals surface area (Å²) in [7, 11) is 0. The first kappa shape index (κ1) is 13.5. The summed E-state index contributed by atoms with van der Waals surface area (Å²) in [6.45, 7) is -0.0792. The van der Waals surface area contributed by atoms with Gasteiger partial charge in [0.1, 0.15) is 5.75 Å². The smallest absolute Gasteiger partial charge is 0.262 e. The summed E-state index contributed by atoms with van der Waals surface area (Å²) in [6.07, 6.45) is 0. The number of nitrogens with two attached hydrogens (primary N) is 1. The van der Waals surface area contributed by atoms with E-state index in [9.17, 15) is 9.59 Å².